The van der Waals surface area contributed by atoms with Crippen molar-refractivity contribution in [2.75, 3.05) is 0 Å². The Hall–Kier alpha value is -1.53. The molecule has 0 heterocycles. The summed E-state index contributed by atoms with van der Waals surface area (Å²) in [6.45, 7) is 27.4. The largest absolute Gasteiger partial charge is 0.544 e. The molecule has 0 N–H and O–H groups in total. The fourth-order valence-electron chi connectivity index (χ4n) is 2.94. The van der Waals surface area contributed by atoms with Crippen LogP contribution in [0.25, 0.3) is 0 Å². The lowest BCUT2D eigenvalue weighted by molar-refractivity contribution is 0.491. The molecule has 0 spiro atoms. The van der Waals surface area contributed by atoms with Crippen LogP contribution in [-0.4, -0.2) is 16.6 Å². The maximum Gasteiger partial charge on any atom is 0.250 e. The number of hydrogen-bond donors (Lipinski definition) is 0. The molecule has 0 aliphatic rings. The topological polar surface area (TPSA) is 18.5 Å². The third-order valence-corrected chi connectivity index (χ3v) is 16.2. The van der Waals surface area contributed by atoms with Crippen LogP contribution in [0.4, 0.5) is 0 Å². The van der Waals surface area contributed by atoms with Gasteiger partial charge in [-0.2, -0.15) is 0 Å². The van der Waals surface area contributed by atoms with Crippen LogP contribution in [0, 0.1) is 0 Å². The van der Waals surface area contributed by atoms with E-state index >= 15 is 0 Å². The monoisotopic (exact) mass is 456 g/mol. The van der Waals surface area contributed by atoms with Gasteiger partial charge in [0.25, 0.3) is 0 Å². The molecule has 2 aromatic rings. The molecule has 0 saturated heterocycles. The molecule has 2 rings (SSSR count). The highest BCUT2D eigenvalue weighted by molar-refractivity contribution is 6.75. The molecule has 0 aromatic heterocycles. The van der Waals surface area contributed by atoms with Crippen molar-refractivity contribution >= 4 is 16.6 Å². The van der Waals surface area contributed by atoms with E-state index in [1.165, 1.54) is 11.1 Å². The van der Waals surface area contributed by atoms with Gasteiger partial charge in [0.2, 0.25) is 16.6 Å². The Morgan fingerprint density at radius 1 is 0.484 bits per heavy atom. The third-order valence-electron chi connectivity index (χ3n) is 7.51. The quantitative estimate of drug-likeness (QED) is 0.404. The van der Waals surface area contributed by atoms with Crippen molar-refractivity contribution in [3.05, 3.63) is 59.7 Å². The van der Waals surface area contributed by atoms with E-state index in [2.05, 4.69) is 130 Å². The van der Waals surface area contributed by atoms with Gasteiger partial charge in [-0.05, 0) is 71.7 Å². The average molecular weight is 457 g/mol. The Bertz CT molecular complexity index is 792. The molecule has 2 nitrogen and oxygen atoms in total. The Kier molecular flexibility index (Phi) is 7.00. The molecule has 0 aliphatic heterocycles. The minimum absolute atomic E-state index is 0.0923. The van der Waals surface area contributed by atoms with Gasteiger partial charge in [-0.25, -0.2) is 0 Å². The van der Waals surface area contributed by atoms with Crippen LogP contribution in [0.15, 0.2) is 48.5 Å². The van der Waals surface area contributed by atoms with E-state index in [4.69, 9.17) is 8.85 Å². The molecule has 0 fully saturated rings. The minimum Gasteiger partial charge on any atom is -0.544 e. The molecular weight excluding hydrogens is 412 g/mol. The first-order valence-electron chi connectivity index (χ1n) is 11.5. The third kappa shape index (κ3) is 5.84. The second-order valence-electron chi connectivity index (χ2n) is 12.4. The predicted molar refractivity (Wildman–Crippen MR) is 141 cm³/mol. The standard InChI is InChI=1S/C27H44O2Si2/c1-25(2,3)30(9,10)28-23-17-13-21(14-18-23)27(7,8)22-15-19-24(20-16-22)29-31(11,12)26(4,5)6/h13-20H,1-12H3. The van der Waals surface area contributed by atoms with Crippen molar-refractivity contribution in [2.24, 2.45) is 0 Å². The maximum absolute atomic E-state index is 6.46. The van der Waals surface area contributed by atoms with E-state index < -0.39 is 16.6 Å². The van der Waals surface area contributed by atoms with Crippen LogP contribution in [0.5, 0.6) is 11.5 Å². The summed E-state index contributed by atoms with van der Waals surface area (Å²) in [6.07, 6.45) is 0. The molecule has 4 heteroatoms. The highest BCUT2D eigenvalue weighted by atomic mass is 28.4. The first-order valence-corrected chi connectivity index (χ1v) is 17.3. The Balaban J connectivity index is 2.20. The minimum atomic E-state index is -1.82. The summed E-state index contributed by atoms with van der Waals surface area (Å²) in [5, 5.41) is 0.387. The van der Waals surface area contributed by atoms with Crippen LogP contribution in [-0.2, 0) is 5.41 Å². The molecule has 0 bridgehead atoms. The van der Waals surface area contributed by atoms with E-state index in [0.717, 1.165) is 11.5 Å². The van der Waals surface area contributed by atoms with Gasteiger partial charge in [-0.3, -0.25) is 0 Å². The molecule has 0 radical (unpaired) electrons. The summed E-state index contributed by atoms with van der Waals surface area (Å²) in [4.78, 5) is 0. The summed E-state index contributed by atoms with van der Waals surface area (Å²) < 4.78 is 12.9. The average Bonchev–Trinajstić information content (AvgIpc) is 2.60. The zero-order chi connectivity index (χ0) is 23.9. The molecule has 0 amide bonds. The van der Waals surface area contributed by atoms with Crippen LogP contribution in [0.3, 0.4) is 0 Å². The van der Waals surface area contributed by atoms with Gasteiger partial charge < -0.3 is 8.85 Å². The molecule has 31 heavy (non-hydrogen) atoms. The maximum atomic E-state index is 6.46. The molecule has 172 valence electrons. The van der Waals surface area contributed by atoms with Gasteiger partial charge in [0.15, 0.2) is 0 Å². The van der Waals surface area contributed by atoms with Crippen molar-refractivity contribution < 1.29 is 8.85 Å². The molecular formula is C27H44O2Si2. The zero-order valence-corrected chi connectivity index (χ0v) is 23.9. The molecule has 0 atom stereocenters. The fraction of sp³-hybridized carbons (Fsp3) is 0.556. The van der Waals surface area contributed by atoms with Crippen molar-refractivity contribution in [3.8, 4) is 11.5 Å². The van der Waals surface area contributed by atoms with Gasteiger partial charge in [-0.15, -0.1) is 0 Å². The van der Waals surface area contributed by atoms with Gasteiger partial charge in [-0.1, -0.05) is 79.7 Å². The Labute approximate surface area is 193 Å². The molecule has 0 unspecified atom stereocenters. The van der Waals surface area contributed by atoms with E-state index in [1.54, 1.807) is 0 Å². The van der Waals surface area contributed by atoms with E-state index in [-0.39, 0.29) is 15.5 Å². The number of benzene rings is 2. The molecule has 2 aromatic carbocycles. The molecule has 0 saturated carbocycles. The van der Waals surface area contributed by atoms with E-state index in [0.29, 0.717) is 0 Å². The lowest BCUT2D eigenvalue weighted by Crippen LogP contribution is -2.43. The van der Waals surface area contributed by atoms with Crippen LogP contribution < -0.4 is 8.85 Å². The summed E-state index contributed by atoms with van der Waals surface area (Å²) in [6, 6.07) is 17.4. The van der Waals surface area contributed by atoms with Crippen LogP contribution in [0.2, 0.25) is 36.3 Å². The van der Waals surface area contributed by atoms with Gasteiger partial charge in [0.1, 0.15) is 11.5 Å². The van der Waals surface area contributed by atoms with Crippen LogP contribution in [0.1, 0.15) is 66.5 Å². The highest BCUT2D eigenvalue weighted by Crippen LogP contribution is 2.40. The first kappa shape index (κ1) is 25.7. The Morgan fingerprint density at radius 3 is 0.968 bits per heavy atom. The van der Waals surface area contributed by atoms with E-state index in [1.807, 2.05) is 0 Å². The summed E-state index contributed by atoms with van der Waals surface area (Å²) >= 11 is 0. The van der Waals surface area contributed by atoms with Crippen molar-refractivity contribution in [3.63, 3.8) is 0 Å². The normalized spacial score (nSPS) is 13.8. The van der Waals surface area contributed by atoms with Crippen molar-refractivity contribution in [1.82, 2.24) is 0 Å². The van der Waals surface area contributed by atoms with Crippen molar-refractivity contribution in [1.29, 1.82) is 0 Å². The number of hydrogen-bond acceptors (Lipinski definition) is 2. The lowest BCUT2D eigenvalue weighted by Gasteiger charge is -2.37. The lowest BCUT2D eigenvalue weighted by atomic mass is 9.78. The smallest absolute Gasteiger partial charge is 0.250 e. The SMILES string of the molecule is CC(C)(c1ccc(O[Si](C)(C)C(C)(C)C)cc1)c1ccc(O[Si](C)(C)C(C)(C)C)cc1. The fourth-order valence-corrected chi connectivity index (χ4v) is 5.00. The second kappa shape index (κ2) is 8.44. The summed E-state index contributed by atoms with van der Waals surface area (Å²) in [5.74, 6) is 1.95. The second-order valence-corrected chi connectivity index (χ2v) is 21.8. The Morgan fingerprint density at radius 2 is 0.742 bits per heavy atom. The predicted octanol–water partition coefficient (Wildman–Crippen LogP) is 8.78. The van der Waals surface area contributed by atoms with Gasteiger partial charge >= 0.3 is 0 Å². The molecule has 0 aliphatic carbocycles. The zero-order valence-electron chi connectivity index (χ0n) is 21.9. The highest BCUT2D eigenvalue weighted by Gasteiger charge is 2.40. The van der Waals surface area contributed by atoms with Crippen molar-refractivity contribution in [2.45, 2.75) is 97.1 Å². The summed E-state index contributed by atoms with van der Waals surface area (Å²) in [5.41, 5.74) is 2.48. The van der Waals surface area contributed by atoms with Gasteiger partial charge in [0, 0.05) is 5.41 Å². The number of rotatable bonds is 6. The van der Waals surface area contributed by atoms with Crippen LogP contribution >= 0.6 is 0 Å². The van der Waals surface area contributed by atoms with E-state index in [9.17, 15) is 0 Å². The van der Waals surface area contributed by atoms with Gasteiger partial charge in [0.05, 0.1) is 0 Å². The first-order chi connectivity index (χ1) is 13.9. The summed E-state index contributed by atoms with van der Waals surface area (Å²) in [7, 11) is -3.65.